The van der Waals surface area contributed by atoms with E-state index in [1.54, 1.807) is 25.1 Å². The first kappa shape index (κ1) is 21.2. The number of nitrogens with zero attached hydrogens (tertiary/aromatic N) is 2. The van der Waals surface area contributed by atoms with Crippen LogP contribution in [0.25, 0.3) is 0 Å². The van der Waals surface area contributed by atoms with E-state index in [0.29, 0.717) is 34.0 Å². The molecule has 0 bridgehead atoms. The van der Waals surface area contributed by atoms with Crippen molar-refractivity contribution >= 4 is 23.4 Å². The van der Waals surface area contributed by atoms with Gasteiger partial charge in [0.1, 0.15) is 11.5 Å². The Balaban J connectivity index is 1.51. The molecule has 1 aliphatic rings. The van der Waals surface area contributed by atoms with E-state index in [9.17, 15) is 9.59 Å². The first-order valence-corrected chi connectivity index (χ1v) is 10.1. The average Bonchev–Trinajstić information content (AvgIpc) is 3.06. The van der Waals surface area contributed by atoms with Crippen molar-refractivity contribution in [3.63, 3.8) is 0 Å². The lowest BCUT2D eigenvalue weighted by Crippen LogP contribution is -2.38. The molecular weight excluding hydrogens is 394 g/mol. The summed E-state index contributed by atoms with van der Waals surface area (Å²) in [7, 11) is 0. The molecule has 1 aliphatic heterocycles. The van der Waals surface area contributed by atoms with Crippen LogP contribution in [-0.4, -0.2) is 41.4 Å². The van der Waals surface area contributed by atoms with E-state index >= 15 is 0 Å². The number of carbonyl (C=O) groups is 2. The van der Waals surface area contributed by atoms with Crippen molar-refractivity contribution in [3.05, 3.63) is 46.1 Å². The minimum atomic E-state index is -0.312. The smallest absolute Gasteiger partial charge is 0.276 e. The van der Waals surface area contributed by atoms with Crippen molar-refractivity contribution < 1.29 is 18.7 Å². The summed E-state index contributed by atoms with van der Waals surface area (Å²) in [4.78, 5) is 30.9. The van der Waals surface area contributed by atoms with Crippen molar-refractivity contribution in [2.24, 2.45) is 5.92 Å². The number of carbonyl (C=O) groups excluding carboxylic acids is 2. The predicted molar refractivity (Wildman–Crippen MR) is 109 cm³/mol. The zero-order chi connectivity index (χ0) is 21.0. The molecule has 156 valence electrons. The maximum absolute atomic E-state index is 12.7. The molecule has 29 heavy (non-hydrogen) atoms. The zero-order valence-corrected chi connectivity index (χ0v) is 17.7. The number of hydrogen-bond donors (Lipinski definition) is 1. The largest absolute Gasteiger partial charge is 0.484 e. The van der Waals surface area contributed by atoms with Gasteiger partial charge in [0.2, 0.25) is 5.89 Å². The fraction of sp³-hybridized carbons (Fsp3) is 0.476. The topological polar surface area (TPSA) is 84.7 Å². The molecule has 2 heterocycles. The lowest BCUT2D eigenvalue weighted by atomic mass is 9.99. The third-order valence-electron chi connectivity index (χ3n) is 5.05. The first-order valence-electron chi connectivity index (χ1n) is 9.74. The van der Waals surface area contributed by atoms with Crippen LogP contribution in [-0.2, 0) is 11.3 Å². The average molecular weight is 420 g/mol. The van der Waals surface area contributed by atoms with Gasteiger partial charge in [-0.1, -0.05) is 18.5 Å². The number of hydrogen-bond acceptors (Lipinski definition) is 5. The van der Waals surface area contributed by atoms with Crippen LogP contribution in [0.5, 0.6) is 5.75 Å². The van der Waals surface area contributed by atoms with Crippen LogP contribution in [0.2, 0.25) is 5.02 Å². The standard InChI is InChI=1S/C21H26ClN3O4/c1-13-6-8-25(9-7-13)21(27)20-15(3)29-19(24-20)11-23-18(26)12-28-17-5-4-16(22)10-14(17)2/h4-5,10,13H,6-9,11-12H2,1-3H3,(H,23,26). The molecule has 0 spiro atoms. The van der Waals surface area contributed by atoms with Gasteiger partial charge < -0.3 is 19.4 Å². The summed E-state index contributed by atoms with van der Waals surface area (Å²) in [6.45, 7) is 7.19. The quantitative estimate of drug-likeness (QED) is 0.774. The Bertz CT molecular complexity index is 888. The Morgan fingerprint density at radius 3 is 2.72 bits per heavy atom. The minimum Gasteiger partial charge on any atom is -0.484 e. The van der Waals surface area contributed by atoms with Crippen LogP contribution in [0.15, 0.2) is 22.6 Å². The number of oxazole rings is 1. The van der Waals surface area contributed by atoms with Crippen LogP contribution in [0, 0.1) is 19.8 Å². The van der Waals surface area contributed by atoms with Crippen LogP contribution in [0.1, 0.15) is 47.5 Å². The first-order chi connectivity index (χ1) is 13.8. The number of rotatable bonds is 6. The second kappa shape index (κ2) is 9.31. The molecule has 1 aromatic carbocycles. The summed E-state index contributed by atoms with van der Waals surface area (Å²) >= 11 is 5.91. The SMILES string of the molecule is Cc1cc(Cl)ccc1OCC(=O)NCc1nc(C(=O)N2CCC(C)CC2)c(C)o1. The number of aryl methyl sites for hydroxylation is 2. The van der Waals surface area contributed by atoms with Gasteiger partial charge in [-0.2, -0.15) is 0 Å². The second-order valence-electron chi connectivity index (χ2n) is 7.46. The molecule has 1 aromatic heterocycles. The van der Waals surface area contributed by atoms with Crippen molar-refractivity contribution in [1.29, 1.82) is 0 Å². The number of piperidine rings is 1. The number of likely N-dealkylation sites (tertiary alicyclic amines) is 1. The van der Waals surface area contributed by atoms with Gasteiger partial charge in [-0.25, -0.2) is 4.98 Å². The lowest BCUT2D eigenvalue weighted by molar-refractivity contribution is -0.123. The molecule has 0 atom stereocenters. The maximum atomic E-state index is 12.7. The normalized spacial score (nSPS) is 14.7. The predicted octanol–water partition coefficient (Wildman–Crippen LogP) is 3.51. The van der Waals surface area contributed by atoms with E-state index in [-0.39, 0.29) is 25.0 Å². The van der Waals surface area contributed by atoms with E-state index in [0.717, 1.165) is 31.5 Å². The number of aromatic nitrogens is 1. The van der Waals surface area contributed by atoms with Crippen LogP contribution < -0.4 is 10.1 Å². The Morgan fingerprint density at radius 2 is 2.03 bits per heavy atom. The second-order valence-corrected chi connectivity index (χ2v) is 7.90. The van der Waals surface area contributed by atoms with Crippen molar-refractivity contribution in [2.45, 2.75) is 40.2 Å². The summed E-state index contributed by atoms with van der Waals surface area (Å²) < 4.78 is 11.1. The number of amides is 2. The van der Waals surface area contributed by atoms with E-state index in [1.807, 2.05) is 11.8 Å². The fourth-order valence-electron chi connectivity index (χ4n) is 3.23. The van der Waals surface area contributed by atoms with Crippen LogP contribution >= 0.6 is 11.6 Å². The molecule has 2 aromatic rings. The molecule has 1 N–H and O–H groups in total. The van der Waals surface area contributed by atoms with Gasteiger partial charge in [-0.05, 0) is 56.4 Å². The molecule has 8 heteroatoms. The van der Waals surface area contributed by atoms with Gasteiger partial charge in [0.15, 0.2) is 12.3 Å². The minimum absolute atomic E-state index is 0.0902. The van der Waals surface area contributed by atoms with Crippen molar-refractivity contribution in [3.8, 4) is 5.75 Å². The van der Waals surface area contributed by atoms with Crippen LogP contribution in [0.3, 0.4) is 0 Å². The summed E-state index contributed by atoms with van der Waals surface area (Å²) in [5.74, 6) is 1.57. The third kappa shape index (κ3) is 5.50. The fourth-order valence-corrected chi connectivity index (χ4v) is 3.46. The van der Waals surface area contributed by atoms with Crippen molar-refractivity contribution in [1.82, 2.24) is 15.2 Å². The Morgan fingerprint density at radius 1 is 1.31 bits per heavy atom. The molecule has 1 saturated heterocycles. The molecule has 0 saturated carbocycles. The molecule has 0 unspecified atom stereocenters. The summed E-state index contributed by atoms with van der Waals surface area (Å²) in [5.41, 5.74) is 1.17. The molecular formula is C21H26ClN3O4. The van der Waals surface area contributed by atoms with E-state index in [1.165, 1.54) is 0 Å². The number of ether oxygens (including phenoxy) is 1. The van der Waals surface area contributed by atoms with E-state index in [2.05, 4.69) is 17.2 Å². The monoisotopic (exact) mass is 419 g/mol. The van der Waals surface area contributed by atoms with Crippen molar-refractivity contribution in [2.75, 3.05) is 19.7 Å². The maximum Gasteiger partial charge on any atom is 0.276 e. The zero-order valence-electron chi connectivity index (χ0n) is 17.0. The molecule has 3 rings (SSSR count). The Hall–Kier alpha value is -2.54. The highest BCUT2D eigenvalue weighted by molar-refractivity contribution is 6.30. The lowest BCUT2D eigenvalue weighted by Gasteiger charge is -2.29. The summed E-state index contributed by atoms with van der Waals surface area (Å²) in [5, 5.41) is 3.31. The molecule has 0 radical (unpaired) electrons. The van der Waals surface area contributed by atoms with Crippen LogP contribution in [0.4, 0.5) is 0 Å². The summed E-state index contributed by atoms with van der Waals surface area (Å²) in [6.07, 6.45) is 2.00. The third-order valence-corrected chi connectivity index (χ3v) is 5.28. The highest BCUT2D eigenvalue weighted by Crippen LogP contribution is 2.22. The number of benzene rings is 1. The molecule has 1 fully saturated rings. The number of nitrogens with one attached hydrogen (secondary N) is 1. The van der Waals surface area contributed by atoms with Gasteiger partial charge in [0.25, 0.3) is 11.8 Å². The van der Waals surface area contributed by atoms with Gasteiger partial charge in [0.05, 0.1) is 6.54 Å². The molecule has 2 amide bonds. The highest BCUT2D eigenvalue weighted by atomic mass is 35.5. The van der Waals surface area contributed by atoms with Gasteiger partial charge >= 0.3 is 0 Å². The van der Waals surface area contributed by atoms with Gasteiger partial charge in [0, 0.05) is 18.1 Å². The Labute approximate surface area is 175 Å². The summed E-state index contributed by atoms with van der Waals surface area (Å²) in [6, 6.07) is 5.20. The highest BCUT2D eigenvalue weighted by Gasteiger charge is 2.26. The molecule has 0 aliphatic carbocycles. The van der Waals surface area contributed by atoms with E-state index < -0.39 is 0 Å². The van der Waals surface area contributed by atoms with Gasteiger partial charge in [-0.3, -0.25) is 9.59 Å². The molecule has 7 nitrogen and oxygen atoms in total. The number of halogens is 1. The Kier molecular flexibility index (Phi) is 6.79. The van der Waals surface area contributed by atoms with E-state index in [4.69, 9.17) is 20.8 Å². The van der Waals surface area contributed by atoms with Gasteiger partial charge in [-0.15, -0.1) is 0 Å².